The Morgan fingerprint density at radius 1 is 0.340 bits per heavy atom. The molecule has 1 heteroatoms. The van der Waals surface area contributed by atoms with E-state index >= 15 is 0 Å². The predicted molar refractivity (Wildman–Crippen MR) is 213 cm³/mol. The summed E-state index contributed by atoms with van der Waals surface area (Å²) in [6, 6.07) is 68.6. The lowest BCUT2D eigenvalue weighted by Gasteiger charge is -2.29. The van der Waals surface area contributed by atoms with Crippen molar-refractivity contribution >= 4 is 27.8 Å². The van der Waals surface area contributed by atoms with Crippen molar-refractivity contribution < 1.29 is 0 Å². The van der Waals surface area contributed by atoms with Gasteiger partial charge < -0.3 is 4.90 Å². The second kappa shape index (κ2) is 12.1. The number of para-hydroxylation sites is 1. The molecule has 0 amide bonds. The molecule has 0 spiro atoms. The van der Waals surface area contributed by atoms with Crippen LogP contribution >= 0.6 is 0 Å². The van der Waals surface area contributed by atoms with Crippen molar-refractivity contribution in [3.8, 4) is 44.5 Å². The Bertz CT molecular complexity index is 2490. The molecule has 0 saturated carbocycles. The van der Waals surface area contributed by atoms with E-state index < -0.39 is 0 Å². The summed E-state index contributed by atoms with van der Waals surface area (Å²) in [5.41, 5.74) is 16.0. The number of fused-ring (bicyclic) bond motifs is 4. The smallest absolute Gasteiger partial charge is 0.0540 e. The minimum absolute atomic E-state index is 0.0587. The number of hydrogen-bond acceptors (Lipinski definition) is 1. The number of anilines is 3. The highest BCUT2D eigenvalue weighted by molar-refractivity contribution is 5.98. The summed E-state index contributed by atoms with van der Waals surface area (Å²) in [5.74, 6) is 0. The van der Waals surface area contributed by atoms with Crippen LogP contribution in [0.15, 0.2) is 188 Å². The molecule has 0 aliphatic heterocycles. The fourth-order valence-electron chi connectivity index (χ4n) is 7.92. The molecule has 8 aromatic carbocycles. The fraction of sp³-hybridized carbons (Fsp3) is 0.0612. The molecule has 0 atom stereocenters. The third-order valence-electron chi connectivity index (χ3n) is 10.5. The Morgan fingerprint density at radius 2 is 0.900 bits per heavy atom. The minimum atomic E-state index is -0.0587. The van der Waals surface area contributed by atoms with Gasteiger partial charge in [0, 0.05) is 22.4 Å². The van der Waals surface area contributed by atoms with Crippen LogP contribution < -0.4 is 4.90 Å². The van der Waals surface area contributed by atoms with Crippen LogP contribution in [-0.2, 0) is 5.41 Å². The molecule has 0 unspecified atom stereocenters. The van der Waals surface area contributed by atoms with Crippen molar-refractivity contribution in [2.24, 2.45) is 0 Å². The normalized spacial score (nSPS) is 12.8. The third-order valence-corrected chi connectivity index (χ3v) is 10.5. The zero-order valence-corrected chi connectivity index (χ0v) is 28.3. The highest BCUT2D eigenvalue weighted by Crippen LogP contribution is 2.50. The first kappa shape index (κ1) is 29.9. The maximum absolute atomic E-state index is 2.43. The Balaban J connectivity index is 1.24. The molecule has 0 fully saturated rings. The molecule has 0 heterocycles. The van der Waals surface area contributed by atoms with Crippen molar-refractivity contribution in [1.82, 2.24) is 0 Å². The quantitative estimate of drug-likeness (QED) is 0.175. The van der Waals surface area contributed by atoms with Crippen LogP contribution in [0.4, 0.5) is 17.1 Å². The Kier molecular flexibility index (Phi) is 7.21. The lowest BCUT2D eigenvalue weighted by molar-refractivity contribution is 0.661. The molecule has 0 aromatic heterocycles. The van der Waals surface area contributed by atoms with Gasteiger partial charge in [0.2, 0.25) is 0 Å². The van der Waals surface area contributed by atoms with Crippen molar-refractivity contribution in [1.29, 1.82) is 0 Å². The Labute approximate surface area is 294 Å². The summed E-state index contributed by atoms with van der Waals surface area (Å²) < 4.78 is 0. The lowest BCUT2D eigenvalue weighted by atomic mass is 9.82. The SMILES string of the molecule is CC1(C)c2ccccc2-c2cc3ccc(N(c4ccc(-c5ccccc5)cc4)c4ccccc4-c4ccccc4-c4ccccc4)cc3cc21. The fourth-order valence-corrected chi connectivity index (χ4v) is 7.92. The molecule has 0 saturated heterocycles. The van der Waals surface area contributed by atoms with Crippen LogP contribution in [0, 0.1) is 0 Å². The third kappa shape index (κ3) is 5.02. The van der Waals surface area contributed by atoms with Gasteiger partial charge in [0.15, 0.2) is 0 Å². The molecule has 1 aliphatic carbocycles. The van der Waals surface area contributed by atoms with E-state index in [2.05, 4.69) is 207 Å². The van der Waals surface area contributed by atoms with Crippen molar-refractivity contribution in [2.75, 3.05) is 4.90 Å². The van der Waals surface area contributed by atoms with Crippen LogP contribution in [0.2, 0.25) is 0 Å². The number of nitrogens with zero attached hydrogens (tertiary/aromatic N) is 1. The van der Waals surface area contributed by atoms with Gasteiger partial charge in [0.1, 0.15) is 0 Å². The summed E-state index contributed by atoms with van der Waals surface area (Å²) in [6.45, 7) is 4.71. The second-order valence-electron chi connectivity index (χ2n) is 13.8. The van der Waals surface area contributed by atoms with Crippen molar-refractivity contribution in [3.63, 3.8) is 0 Å². The Hall–Kier alpha value is -6.18. The number of benzene rings is 8. The van der Waals surface area contributed by atoms with Gasteiger partial charge in [-0.2, -0.15) is 0 Å². The van der Waals surface area contributed by atoms with Gasteiger partial charge in [-0.15, -0.1) is 0 Å². The van der Waals surface area contributed by atoms with E-state index in [-0.39, 0.29) is 5.41 Å². The van der Waals surface area contributed by atoms with E-state index in [9.17, 15) is 0 Å². The van der Waals surface area contributed by atoms with Crippen LogP contribution in [0.1, 0.15) is 25.0 Å². The van der Waals surface area contributed by atoms with E-state index in [4.69, 9.17) is 0 Å². The van der Waals surface area contributed by atoms with Gasteiger partial charge >= 0.3 is 0 Å². The Morgan fingerprint density at radius 3 is 1.64 bits per heavy atom. The first-order chi connectivity index (χ1) is 24.6. The van der Waals surface area contributed by atoms with E-state index in [0.29, 0.717) is 0 Å². The minimum Gasteiger partial charge on any atom is -0.310 e. The van der Waals surface area contributed by atoms with Gasteiger partial charge in [-0.25, -0.2) is 0 Å². The van der Waals surface area contributed by atoms with Gasteiger partial charge in [0.05, 0.1) is 5.69 Å². The molecule has 0 bridgehead atoms. The van der Waals surface area contributed by atoms with Crippen LogP contribution in [0.3, 0.4) is 0 Å². The molecule has 50 heavy (non-hydrogen) atoms. The average Bonchev–Trinajstić information content (AvgIpc) is 3.40. The predicted octanol–water partition coefficient (Wildman–Crippen LogP) is 13.6. The molecule has 1 nitrogen and oxygen atoms in total. The molecule has 8 aromatic rings. The number of rotatable bonds is 6. The monoisotopic (exact) mass is 639 g/mol. The highest BCUT2D eigenvalue weighted by atomic mass is 15.1. The van der Waals surface area contributed by atoms with E-state index in [1.165, 1.54) is 66.4 Å². The average molecular weight is 640 g/mol. The zero-order valence-electron chi connectivity index (χ0n) is 28.3. The molecule has 0 radical (unpaired) electrons. The van der Waals surface area contributed by atoms with E-state index in [1.54, 1.807) is 0 Å². The summed E-state index contributed by atoms with van der Waals surface area (Å²) in [5, 5.41) is 2.50. The van der Waals surface area contributed by atoms with Gasteiger partial charge in [-0.1, -0.05) is 159 Å². The highest BCUT2D eigenvalue weighted by Gasteiger charge is 2.35. The molecule has 0 N–H and O–H groups in total. The van der Waals surface area contributed by atoms with Crippen LogP contribution in [-0.4, -0.2) is 0 Å². The van der Waals surface area contributed by atoms with Crippen LogP contribution in [0.25, 0.3) is 55.3 Å². The summed E-state index contributed by atoms with van der Waals surface area (Å²) in [4.78, 5) is 2.43. The lowest BCUT2D eigenvalue weighted by Crippen LogP contribution is -2.15. The standard InChI is InChI=1S/C49H37N/c1-49(2)46-23-13-11-21-43(46)45-32-37-27-30-40(31-38(37)33-47(45)49)50(39-28-25-35(26-29-39)34-15-5-3-6-16-34)48-24-14-12-22-44(48)42-20-10-9-19-41(42)36-17-7-4-8-18-36/h3-33H,1-2H3. The first-order valence-corrected chi connectivity index (χ1v) is 17.4. The largest absolute Gasteiger partial charge is 0.310 e. The van der Waals surface area contributed by atoms with Crippen LogP contribution in [0.5, 0.6) is 0 Å². The maximum atomic E-state index is 2.43. The molecule has 238 valence electrons. The van der Waals surface area contributed by atoms with E-state index in [0.717, 1.165) is 17.1 Å². The first-order valence-electron chi connectivity index (χ1n) is 17.4. The van der Waals surface area contributed by atoms with Crippen molar-refractivity contribution in [2.45, 2.75) is 19.3 Å². The summed E-state index contributed by atoms with van der Waals surface area (Å²) >= 11 is 0. The second-order valence-corrected chi connectivity index (χ2v) is 13.8. The molecule has 1 aliphatic rings. The van der Waals surface area contributed by atoms with Crippen molar-refractivity contribution in [3.05, 3.63) is 199 Å². The van der Waals surface area contributed by atoms with Gasteiger partial charge in [-0.05, 0) is 103 Å². The van der Waals surface area contributed by atoms with Gasteiger partial charge in [-0.3, -0.25) is 0 Å². The molecular weight excluding hydrogens is 603 g/mol. The number of hydrogen-bond donors (Lipinski definition) is 0. The van der Waals surface area contributed by atoms with E-state index in [1.807, 2.05) is 0 Å². The maximum Gasteiger partial charge on any atom is 0.0540 e. The topological polar surface area (TPSA) is 3.24 Å². The molecule has 9 rings (SSSR count). The summed E-state index contributed by atoms with van der Waals surface area (Å²) in [7, 11) is 0. The zero-order chi connectivity index (χ0) is 33.7. The van der Waals surface area contributed by atoms with Gasteiger partial charge in [0.25, 0.3) is 0 Å². The summed E-state index contributed by atoms with van der Waals surface area (Å²) in [6.07, 6.45) is 0. The molecular formula is C49H37N.